The van der Waals surface area contributed by atoms with Gasteiger partial charge in [0.1, 0.15) is 6.23 Å². The van der Waals surface area contributed by atoms with Crippen molar-refractivity contribution >= 4 is 11.3 Å². The van der Waals surface area contributed by atoms with E-state index in [2.05, 4.69) is 0 Å². The topological polar surface area (TPSA) is 46.2 Å². The predicted octanol–water partition coefficient (Wildman–Crippen LogP) is 1.01. The third-order valence-electron chi connectivity index (χ3n) is 1.04. The zero-order valence-corrected chi connectivity index (χ0v) is 5.98. The van der Waals surface area contributed by atoms with Crippen LogP contribution in [0.2, 0.25) is 0 Å². The minimum atomic E-state index is -0.802. The first-order valence-electron chi connectivity index (χ1n) is 2.69. The van der Waals surface area contributed by atoms with Crippen LogP contribution in [0.3, 0.4) is 0 Å². The fraction of sp³-hybridized carbons (Fsp3) is 0.333. The number of hydrogen-bond donors (Lipinski definition) is 2. The molecule has 0 aliphatic carbocycles. The van der Waals surface area contributed by atoms with E-state index < -0.39 is 6.23 Å². The predicted molar refractivity (Wildman–Crippen MR) is 38.2 cm³/mol. The second-order valence-electron chi connectivity index (χ2n) is 1.97. The summed E-state index contributed by atoms with van der Waals surface area (Å²) >= 11 is 1.48. The highest BCUT2D eigenvalue weighted by Gasteiger charge is 2.01. The van der Waals surface area contributed by atoms with E-state index in [0.29, 0.717) is 0 Å². The molecule has 2 nitrogen and oxygen atoms in total. The molecule has 1 rings (SSSR count). The van der Waals surface area contributed by atoms with E-state index in [-0.39, 0.29) is 0 Å². The average Bonchev–Trinajstić information content (AvgIpc) is 2.14. The fourth-order valence-electron chi connectivity index (χ4n) is 0.609. The number of nitrogens with two attached hydrogens (primary N) is 1. The van der Waals surface area contributed by atoms with Gasteiger partial charge < -0.3 is 10.8 Å². The molecular formula is C6H9NOS. The SMILES string of the molecule is Cc1csc([C@H](N)O)c1. The highest BCUT2D eigenvalue weighted by atomic mass is 32.1. The molecule has 0 bridgehead atoms. The minimum Gasteiger partial charge on any atom is -0.374 e. The summed E-state index contributed by atoms with van der Waals surface area (Å²) in [4.78, 5) is 0.826. The number of aryl methyl sites for hydroxylation is 1. The van der Waals surface area contributed by atoms with Crippen molar-refractivity contribution in [2.75, 3.05) is 0 Å². The molecule has 0 fully saturated rings. The Balaban J connectivity index is 2.85. The van der Waals surface area contributed by atoms with Crippen molar-refractivity contribution in [1.29, 1.82) is 0 Å². The van der Waals surface area contributed by atoms with Crippen LogP contribution >= 0.6 is 11.3 Å². The van der Waals surface area contributed by atoms with E-state index >= 15 is 0 Å². The number of rotatable bonds is 1. The molecule has 50 valence electrons. The van der Waals surface area contributed by atoms with Crippen LogP contribution in [-0.4, -0.2) is 5.11 Å². The summed E-state index contributed by atoms with van der Waals surface area (Å²) in [5.74, 6) is 0. The standard InChI is InChI=1S/C6H9NOS/c1-4-2-5(6(7)8)9-3-4/h2-3,6,8H,7H2,1H3/t6-/m1/s1. The largest absolute Gasteiger partial charge is 0.374 e. The molecule has 3 N–H and O–H groups in total. The zero-order chi connectivity index (χ0) is 6.85. The summed E-state index contributed by atoms with van der Waals surface area (Å²) < 4.78 is 0. The number of aliphatic hydroxyl groups excluding tert-OH is 1. The molecule has 0 amide bonds. The molecule has 0 aromatic carbocycles. The maximum atomic E-state index is 8.83. The Kier molecular flexibility index (Phi) is 1.85. The zero-order valence-electron chi connectivity index (χ0n) is 5.16. The van der Waals surface area contributed by atoms with Gasteiger partial charge in [0.05, 0.1) is 0 Å². The van der Waals surface area contributed by atoms with Crippen molar-refractivity contribution in [3.63, 3.8) is 0 Å². The molecule has 0 saturated carbocycles. The van der Waals surface area contributed by atoms with E-state index in [0.717, 1.165) is 10.4 Å². The van der Waals surface area contributed by atoms with E-state index in [1.165, 1.54) is 11.3 Å². The molecule has 0 unspecified atom stereocenters. The van der Waals surface area contributed by atoms with E-state index in [9.17, 15) is 0 Å². The van der Waals surface area contributed by atoms with Crippen LogP contribution in [0.4, 0.5) is 0 Å². The van der Waals surface area contributed by atoms with Gasteiger partial charge >= 0.3 is 0 Å². The van der Waals surface area contributed by atoms with Crippen LogP contribution in [-0.2, 0) is 0 Å². The lowest BCUT2D eigenvalue weighted by Crippen LogP contribution is -2.05. The molecule has 1 atom stereocenters. The molecule has 1 heterocycles. The molecule has 9 heavy (non-hydrogen) atoms. The third-order valence-corrected chi connectivity index (χ3v) is 2.16. The van der Waals surface area contributed by atoms with Gasteiger partial charge in [-0.1, -0.05) is 0 Å². The molecule has 1 aromatic heterocycles. The first kappa shape index (κ1) is 6.74. The van der Waals surface area contributed by atoms with Gasteiger partial charge in [-0.05, 0) is 23.9 Å². The Labute approximate surface area is 57.9 Å². The van der Waals surface area contributed by atoms with Gasteiger partial charge in [0, 0.05) is 4.88 Å². The van der Waals surface area contributed by atoms with Gasteiger partial charge in [-0.25, -0.2) is 0 Å². The lowest BCUT2D eigenvalue weighted by atomic mass is 10.3. The summed E-state index contributed by atoms with van der Waals surface area (Å²) in [5.41, 5.74) is 6.35. The third kappa shape index (κ3) is 1.51. The molecule has 0 saturated heterocycles. The molecule has 1 aromatic rings. The van der Waals surface area contributed by atoms with Crippen molar-refractivity contribution in [1.82, 2.24) is 0 Å². The molecule has 3 heteroatoms. The Morgan fingerprint density at radius 3 is 2.67 bits per heavy atom. The molecule has 0 spiro atoms. The first-order chi connectivity index (χ1) is 4.20. The molecular weight excluding hydrogens is 134 g/mol. The van der Waals surface area contributed by atoms with Gasteiger partial charge in [0.15, 0.2) is 0 Å². The van der Waals surface area contributed by atoms with Gasteiger partial charge in [0.25, 0.3) is 0 Å². The van der Waals surface area contributed by atoms with Crippen molar-refractivity contribution in [2.24, 2.45) is 5.73 Å². The highest BCUT2D eigenvalue weighted by Crippen LogP contribution is 2.17. The molecule has 0 radical (unpaired) electrons. The van der Waals surface area contributed by atoms with Gasteiger partial charge in [0.2, 0.25) is 0 Å². The van der Waals surface area contributed by atoms with E-state index in [1.54, 1.807) is 0 Å². The van der Waals surface area contributed by atoms with E-state index in [4.69, 9.17) is 10.8 Å². The number of hydrogen-bond acceptors (Lipinski definition) is 3. The summed E-state index contributed by atoms with van der Waals surface area (Å²) in [6.07, 6.45) is -0.802. The first-order valence-corrected chi connectivity index (χ1v) is 3.57. The van der Waals surface area contributed by atoms with Crippen molar-refractivity contribution < 1.29 is 5.11 Å². The van der Waals surface area contributed by atoms with Gasteiger partial charge in [-0.15, -0.1) is 11.3 Å². The average molecular weight is 143 g/mol. The lowest BCUT2D eigenvalue weighted by Gasteiger charge is -1.96. The molecule has 0 aliphatic rings. The van der Waals surface area contributed by atoms with Crippen LogP contribution in [0.15, 0.2) is 11.4 Å². The van der Waals surface area contributed by atoms with Crippen LogP contribution in [0.5, 0.6) is 0 Å². The Bertz CT molecular complexity index is 195. The van der Waals surface area contributed by atoms with Crippen molar-refractivity contribution in [3.8, 4) is 0 Å². The smallest absolute Gasteiger partial charge is 0.137 e. The van der Waals surface area contributed by atoms with Crippen LogP contribution < -0.4 is 5.73 Å². The normalized spacial score (nSPS) is 13.7. The highest BCUT2D eigenvalue weighted by molar-refractivity contribution is 7.10. The lowest BCUT2D eigenvalue weighted by molar-refractivity contribution is 0.190. The van der Waals surface area contributed by atoms with Gasteiger partial charge in [-0.3, -0.25) is 0 Å². The van der Waals surface area contributed by atoms with Crippen molar-refractivity contribution in [3.05, 3.63) is 21.9 Å². The summed E-state index contributed by atoms with van der Waals surface area (Å²) in [6.45, 7) is 1.97. The summed E-state index contributed by atoms with van der Waals surface area (Å²) in [7, 11) is 0. The Morgan fingerprint density at radius 2 is 2.44 bits per heavy atom. The maximum absolute atomic E-state index is 8.83. The summed E-state index contributed by atoms with van der Waals surface area (Å²) in [6, 6.07) is 1.88. The monoisotopic (exact) mass is 143 g/mol. The quantitative estimate of drug-likeness (QED) is 0.576. The van der Waals surface area contributed by atoms with Gasteiger partial charge in [-0.2, -0.15) is 0 Å². The number of thiophene rings is 1. The van der Waals surface area contributed by atoms with Crippen molar-refractivity contribution in [2.45, 2.75) is 13.2 Å². The second-order valence-corrected chi connectivity index (χ2v) is 2.91. The van der Waals surface area contributed by atoms with Crippen LogP contribution in [0.25, 0.3) is 0 Å². The Hall–Kier alpha value is -0.380. The Morgan fingerprint density at radius 1 is 1.78 bits per heavy atom. The van der Waals surface area contributed by atoms with Crippen LogP contribution in [0.1, 0.15) is 16.7 Å². The molecule has 0 aliphatic heterocycles. The number of aliphatic hydroxyl groups is 1. The summed E-state index contributed by atoms with van der Waals surface area (Å²) in [5, 5.41) is 10.8. The second kappa shape index (κ2) is 2.47. The van der Waals surface area contributed by atoms with E-state index in [1.807, 2.05) is 18.4 Å². The maximum Gasteiger partial charge on any atom is 0.137 e. The fourth-order valence-corrected chi connectivity index (χ4v) is 1.39. The van der Waals surface area contributed by atoms with Crippen LogP contribution in [0, 0.1) is 6.92 Å². The minimum absolute atomic E-state index is 0.802.